The molecule has 0 radical (unpaired) electrons. The van der Waals surface area contributed by atoms with Gasteiger partial charge in [0.1, 0.15) is 17.2 Å². The molecule has 0 bridgehead atoms. The van der Waals surface area contributed by atoms with Gasteiger partial charge < -0.3 is 14.2 Å². The zero-order valence-electron chi connectivity index (χ0n) is 20.1. The Balaban J connectivity index is 1.23. The Morgan fingerprint density at radius 1 is 1.03 bits per heavy atom. The molecule has 196 valence electrons. The number of alkyl halides is 3. The molecule has 0 fully saturated rings. The standard InChI is InChI=1S/C27H21ClF3N3O4/c1-36-18-4-6-21-16(12-18)8-10-34-24(21)14-25(33-26(34)35)37-11-9-17-2-3-20(15-32-17)38-19-5-7-23(28)22(13-19)27(29,30)31/h2-7,12-15H,8-11H2,1H3. The van der Waals surface area contributed by atoms with Gasteiger partial charge in [0.15, 0.2) is 0 Å². The van der Waals surface area contributed by atoms with Crippen LogP contribution < -0.4 is 19.9 Å². The molecule has 1 aliphatic rings. The van der Waals surface area contributed by atoms with Gasteiger partial charge in [-0.15, -0.1) is 0 Å². The van der Waals surface area contributed by atoms with E-state index < -0.39 is 16.8 Å². The first-order valence-corrected chi connectivity index (χ1v) is 12.0. The smallest absolute Gasteiger partial charge is 0.417 e. The molecule has 1 aliphatic heterocycles. The predicted molar refractivity (Wildman–Crippen MR) is 134 cm³/mol. The summed E-state index contributed by atoms with van der Waals surface area (Å²) in [6.07, 6.45) is -2.07. The fourth-order valence-electron chi connectivity index (χ4n) is 4.18. The number of benzene rings is 2. The molecule has 0 aliphatic carbocycles. The number of aryl methyl sites for hydroxylation is 1. The largest absolute Gasteiger partial charge is 0.497 e. The molecule has 0 saturated heterocycles. The third-order valence-electron chi connectivity index (χ3n) is 6.07. The Bertz CT molecular complexity index is 1540. The summed E-state index contributed by atoms with van der Waals surface area (Å²) in [4.78, 5) is 20.9. The van der Waals surface area contributed by atoms with Crippen LogP contribution in [0.3, 0.4) is 0 Å². The van der Waals surface area contributed by atoms with Crippen LogP contribution in [0.4, 0.5) is 13.2 Å². The number of nitrogens with zero attached hydrogens (tertiary/aromatic N) is 3. The first-order chi connectivity index (χ1) is 18.2. The minimum atomic E-state index is -4.59. The maximum atomic E-state index is 13.1. The minimum absolute atomic E-state index is 0.00982. The van der Waals surface area contributed by atoms with Gasteiger partial charge in [0.2, 0.25) is 5.88 Å². The number of rotatable bonds is 7. The summed E-state index contributed by atoms with van der Waals surface area (Å²) in [5.41, 5.74) is 2.06. The second-order valence-corrected chi connectivity index (χ2v) is 8.92. The fourth-order valence-corrected chi connectivity index (χ4v) is 4.41. The summed E-state index contributed by atoms with van der Waals surface area (Å²) >= 11 is 5.65. The van der Waals surface area contributed by atoms with Crippen LogP contribution in [0.2, 0.25) is 5.02 Å². The lowest BCUT2D eigenvalue weighted by Crippen LogP contribution is -2.28. The number of methoxy groups -OCH3 is 1. The lowest BCUT2D eigenvalue weighted by atomic mass is 9.97. The SMILES string of the molecule is COc1ccc2c(c1)CCn1c-2cc(OCCc2ccc(Oc3ccc(Cl)c(C(F)(F)F)c3)cn2)nc1=O. The molecule has 38 heavy (non-hydrogen) atoms. The van der Waals surface area contributed by atoms with Gasteiger partial charge in [-0.3, -0.25) is 9.55 Å². The molecule has 3 heterocycles. The minimum Gasteiger partial charge on any atom is -0.497 e. The summed E-state index contributed by atoms with van der Waals surface area (Å²) in [7, 11) is 1.61. The summed E-state index contributed by atoms with van der Waals surface area (Å²) in [5.74, 6) is 1.23. The van der Waals surface area contributed by atoms with Crippen LogP contribution in [0, 0.1) is 0 Å². The third kappa shape index (κ3) is 5.45. The van der Waals surface area contributed by atoms with Gasteiger partial charge in [0.25, 0.3) is 0 Å². The van der Waals surface area contributed by atoms with Crippen molar-refractivity contribution in [2.45, 2.75) is 25.6 Å². The Morgan fingerprint density at radius 2 is 1.82 bits per heavy atom. The Labute approximate surface area is 220 Å². The molecule has 4 aromatic rings. The summed E-state index contributed by atoms with van der Waals surface area (Å²) in [6.45, 7) is 0.734. The number of aromatic nitrogens is 3. The monoisotopic (exact) mass is 543 g/mol. The van der Waals surface area contributed by atoms with Crippen LogP contribution in [0.1, 0.15) is 16.8 Å². The van der Waals surface area contributed by atoms with E-state index in [9.17, 15) is 18.0 Å². The molecule has 5 rings (SSSR count). The average molecular weight is 544 g/mol. The topological polar surface area (TPSA) is 75.5 Å². The molecule has 0 spiro atoms. The van der Waals surface area contributed by atoms with Gasteiger partial charge in [-0.25, -0.2) is 4.79 Å². The van der Waals surface area contributed by atoms with Gasteiger partial charge in [-0.05, 0) is 60.5 Å². The molecule has 0 atom stereocenters. The van der Waals surface area contributed by atoms with Crippen molar-refractivity contribution in [3.63, 3.8) is 0 Å². The van der Waals surface area contributed by atoms with Crippen molar-refractivity contribution in [1.82, 2.24) is 14.5 Å². The van der Waals surface area contributed by atoms with E-state index in [4.69, 9.17) is 25.8 Å². The third-order valence-corrected chi connectivity index (χ3v) is 6.40. The van der Waals surface area contributed by atoms with Crippen LogP contribution in [0.15, 0.2) is 65.6 Å². The number of hydrogen-bond acceptors (Lipinski definition) is 6. The Hall–Kier alpha value is -4.05. The molecule has 11 heteroatoms. The van der Waals surface area contributed by atoms with Crippen molar-refractivity contribution >= 4 is 11.6 Å². The van der Waals surface area contributed by atoms with E-state index in [0.717, 1.165) is 34.7 Å². The number of pyridine rings is 1. The van der Waals surface area contributed by atoms with Crippen LogP contribution in [-0.2, 0) is 25.6 Å². The van der Waals surface area contributed by atoms with E-state index in [1.54, 1.807) is 29.9 Å². The van der Waals surface area contributed by atoms with E-state index >= 15 is 0 Å². The maximum Gasteiger partial charge on any atom is 0.417 e. The Kier molecular flexibility index (Phi) is 6.98. The molecule has 2 aromatic carbocycles. The fraction of sp³-hybridized carbons (Fsp3) is 0.222. The zero-order valence-corrected chi connectivity index (χ0v) is 20.8. The van der Waals surface area contributed by atoms with E-state index in [-0.39, 0.29) is 29.7 Å². The molecule has 0 saturated carbocycles. The van der Waals surface area contributed by atoms with E-state index in [1.807, 2.05) is 18.2 Å². The van der Waals surface area contributed by atoms with Crippen molar-refractivity contribution in [1.29, 1.82) is 0 Å². The predicted octanol–water partition coefficient (Wildman–Crippen LogP) is 5.96. The van der Waals surface area contributed by atoms with Gasteiger partial charge in [-0.2, -0.15) is 18.2 Å². The lowest BCUT2D eigenvalue weighted by molar-refractivity contribution is -0.137. The highest BCUT2D eigenvalue weighted by Gasteiger charge is 2.33. The molecule has 7 nitrogen and oxygen atoms in total. The van der Waals surface area contributed by atoms with E-state index in [1.165, 1.54) is 12.3 Å². The zero-order chi connectivity index (χ0) is 26.9. The first kappa shape index (κ1) is 25.6. The molecular weight excluding hydrogens is 523 g/mol. The normalized spacial score (nSPS) is 12.4. The molecule has 0 unspecified atom stereocenters. The summed E-state index contributed by atoms with van der Waals surface area (Å²) < 4.78 is 57.4. The molecular formula is C27H21ClF3N3O4. The summed E-state index contributed by atoms with van der Waals surface area (Å²) in [5, 5.41) is -0.404. The first-order valence-electron chi connectivity index (χ1n) is 11.6. The van der Waals surface area contributed by atoms with Gasteiger partial charge in [0, 0.05) is 30.3 Å². The summed E-state index contributed by atoms with van der Waals surface area (Å²) in [6, 6.07) is 14.1. The molecule has 0 N–H and O–H groups in total. The number of halogens is 4. The number of ether oxygens (including phenoxy) is 3. The highest BCUT2D eigenvalue weighted by Crippen LogP contribution is 2.37. The number of hydrogen-bond donors (Lipinski definition) is 0. The lowest BCUT2D eigenvalue weighted by Gasteiger charge is -2.22. The Morgan fingerprint density at radius 3 is 2.55 bits per heavy atom. The van der Waals surface area contributed by atoms with Gasteiger partial charge >= 0.3 is 11.9 Å². The van der Waals surface area contributed by atoms with Crippen molar-refractivity contribution < 1.29 is 27.4 Å². The highest BCUT2D eigenvalue weighted by atomic mass is 35.5. The quantitative estimate of drug-likeness (QED) is 0.286. The van der Waals surface area contributed by atoms with Crippen molar-refractivity contribution in [3.05, 3.63) is 93.1 Å². The van der Waals surface area contributed by atoms with Crippen molar-refractivity contribution in [2.75, 3.05) is 13.7 Å². The molecule has 0 amide bonds. The van der Waals surface area contributed by atoms with Crippen molar-refractivity contribution in [3.8, 4) is 34.4 Å². The van der Waals surface area contributed by atoms with Crippen LogP contribution >= 0.6 is 11.6 Å². The second-order valence-electron chi connectivity index (χ2n) is 8.51. The van der Waals surface area contributed by atoms with Crippen LogP contribution in [0.25, 0.3) is 11.3 Å². The number of fused-ring (bicyclic) bond motifs is 3. The molecule has 2 aromatic heterocycles. The highest BCUT2D eigenvalue weighted by molar-refractivity contribution is 6.31. The maximum absolute atomic E-state index is 13.1. The van der Waals surface area contributed by atoms with Gasteiger partial charge in [-0.1, -0.05) is 11.6 Å². The van der Waals surface area contributed by atoms with E-state index in [0.29, 0.717) is 25.1 Å². The second kappa shape index (κ2) is 10.4. The van der Waals surface area contributed by atoms with Crippen LogP contribution in [0.5, 0.6) is 23.1 Å². The average Bonchev–Trinajstić information content (AvgIpc) is 2.89. The van der Waals surface area contributed by atoms with Crippen LogP contribution in [-0.4, -0.2) is 28.3 Å². The van der Waals surface area contributed by atoms with Crippen molar-refractivity contribution in [2.24, 2.45) is 0 Å². The van der Waals surface area contributed by atoms with Gasteiger partial charge in [0.05, 0.1) is 36.2 Å². The van der Waals surface area contributed by atoms with E-state index in [2.05, 4.69) is 9.97 Å².